The third kappa shape index (κ3) is 4.36. The van der Waals surface area contributed by atoms with Crippen LogP contribution in [0.4, 0.5) is 5.69 Å². The number of hydrogen-bond donors (Lipinski definition) is 0. The zero-order chi connectivity index (χ0) is 20.9. The van der Waals surface area contributed by atoms with Gasteiger partial charge in [-0.2, -0.15) is 0 Å². The number of carbonyl (C=O) groups excluding carboxylic acids is 3. The van der Waals surface area contributed by atoms with Crippen LogP contribution in [0.1, 0.15) is 34.9 Å². The molecule has 2 heterocycles. The van der Waals surface area contributed by atoms with Crippen molar-refractivity contribution in [3.63, 3.8) is 0 Å². The molecule has 1 atom stereocenters. The van der Waals surface area contributed by atoms with Crippen molar-refractivity contribution in [2.24, 2.45) is 0 Å². The van der Waals surface area contributed by atoms with Crippen LogP contribution in [-0.2, 0) is 19.1 Å². The number of hydrogen-bond acceptors (Lipinski definition) is 5. The molecular formula is C23H24N2O5. The van der Waals surface area contributed by atoms with Gasteiger partial charge in [0.05, 0.1) is 18.8 Å². The molecule has 2 aliphatic rings. The van der Waals surface area contributed by atoms with Crippen molar-refractivity contribution in [2.45, 2.75) is 18.9 Å². The molecule has 2 aromatic carbocycles. The fourth-order valence-corrected chi connectivity index (χ4v) is 3.74. The van der Waals surface area contributed by atoms with Gasteiger partial charge >= 0.3 is 5.97 Å². The van der Waals surface area contributed by atoms with Crippen LogP contribution < -0.4 is 4.90 Å². The molecule has 2 aromatic rings. The molecule has 0 bridgehead atoms. The van der Waals surface area contributed by atoms with E-state index in [2.05, 4.69) is 0 Å². The Morgan fingerprint density at radius 1 is 0.967 bits per heavy atom. The maximum absolute atomic E-state index is 13.1. The monoisotopic (exact) mass is 408 g/mol. The average molecular weight is 408 g/mol. The third-order valence-electron chi connectivity index (χ3n) is 5.34. The standard InChI is InChI=1S/C23H24N2O5/c26-20-10-5-11-25(20)19-9-4-8-18(16-19)23(28)30-21(17-6-2-1-3-7-17)22(27)24-12-14-29-15-13-24/h1-4,6-9,16,21H,5,10-15H2/t21-/m0/s1. The number of nitrogens with zero attached hydrogens (tertiary/aromatic N) is 2. The smallest absolute Gasteiger partial charge is 0.339 e. The number of rotatable bonds is 5. The fraction of sp³-hybridized carbons (Fsp3) is 0.348. The lowest BCUT2D eigenvalue weighted by atomic mass is 10.1. The van der Waals surface area contributed by atoms with Crippen molar-refractivity contribution in [3.8, 4) is 0 Å². The third-order valence-corrected chi connectivity index (χ3v) is 5.34. The quantitative estimate of drug-likeness (QED) is 0.711. The first-order valence-corrected chi connectivity index (χ1v) is 10.2. The van der Waals surface area contributed by atoms with Gasteiger partial charge < -0.3 is 19.3 Å². The summed E-state index contributed by atoms with van der Waals surface area (Å²) in [6, 6.07) is 15.8. The van der Waals surface area contributed by atoms with Gasteiger partial charge in [0, 0.05) is 37.3 Å². The van der Waals surface area contributed by atoms with E-state index in [-0.39, 0.29) is 11.8 Å². The Bertz CT molecular complexity index is 924. The molecule has 0 unspecified atom stereocenters. The average Bonchev–Trinajstić information content (AvgIpc) is 3.24. The molecule has 7 nitrogen and oxygen atoms in total. The molecular weight excluding hydrogens is 384 g/mol. The van der Waals surface area contributed by atoms with E-state index in [0.29, 0.717) is 56.1 Å². The van der Waals surface area contributed by atoms with E-state index in [9.17, 15) is 14.4 Å². The molecule has 2 amide bonds. The second-order valence-electron chi connectivity index (χ2n) is 7.33. The number of ether oxygens (including phenoxy) is 2. The van der Waals surface area contributed by atoms with Crippen LogP contribution in [0.15, 0.2) is 54.6 Å². The zero-order valence-electron chi connectivity index (χ0n) is 16.7. The first-order valence-electron chi connectivity index (χ1n) is 10.2. The molecule has 156 valence electrons. The Balaban J connectivity index is 1.56. The van der Waals surface area contributed by atoms with Gasteiger partial charge in [0.2, 0.25) is 12.0 Å². The summed E-state index contributed by atoms with van der Waals surface area (Å²) in [5.41, 5.74) is 1.60. The summed E-state index contributed by atoms with van der Waals surface area (Å²) in [5.74, 6) is -0.812. The van der Waals surface area contributed by atoms with Crippen molar-refractivity contribution in [1.29, 1.82) is 0 Å². The highest BCUT2D eigenvalue weighted by molar-refractivity contribution is 5.98. The highest BCUT2D eigenvalue weighted by atomic mass is 16.5. The molecule has 0 aromatic heterocycles. The van der Waals surface area contributed by atoms with Gasteiger partial charge in [0.25, 0.3) is 5.91 Å². The van der Waals surface area contributed by atoms with Crippen molar-refractivity contribution >= 4 is 23.5 Å². The van der Waals surface area contributed by atoms with Crippen molar-refractivity contribution in [2.75, 3.05) is 37.7 Å². The summed E-state index contributed by atoms with van der Waals surface area (Å²) in [6.07, 6.45) is 0.282. The Morgan fingerprint density at radius 3 is 2.43 bits per heavy atom. The van der Waals surface area contributed by atoms with Gasteiger partial charge in [-0.15, -0.1) is 0 Å². The maximum atomic E-state index is 13.1. The normalized spacial score (nSPS) is 17.7. The highest BCUT2D eigenvalue weighted by Crippen LogP contribution is 2.26. The van der Waals surface area contributed by atoms with Crippen LogP contribution in [0.25, 0.3) is 0 Å². The number of carbonyl (C=O) groups is 3. The number of amides is 2. The number of anilines is 1. The van der Waals surface area contributed by atoms with Crippen LogP contribution >= 0.6 is 0 Å². The number of benzene rings is 2. The van der Waals surface area contributed by atoms with E-state index >= 15 is 0 Å². The van der Waals surface area contributed by atoms with Crippen molar-refractivity contribution in [3.05, 3.63) is 65.7 Å². The van der Waals surface area contributed by atoms with Crippen LogP contribution in [0.2, 0.25) is 0 Å². The van der Waals surface area contributed by atoms with E-state index < -0.39 is 12.1 Å². The second-order valence-corrected chi connectivity index (χ2v) is 7.33. The van der Waals surface area contributed by atoms with Crippen LogP contribution in [0.5, 0.6) is 0 Å². The van der Waals surface area contributed by atoms with Crippen LogP contribution in [-0.4, -0.2) is 55.5 Å². The van der Waals surface area contributed by atoms with Crippen LogP contribution in [0, 0.1) is 0 Å². The lowest BCUT2D eigenvalue weighted by molar-refractivity contribution is -0.145. The Labute approximate surface area is 175 Å². The van der Waals surface area contributed by atoms with Crippen molar-refractivity contribution < 1.29 is 23.9 Å². The lowest BCUT2D eigenvalue weighted by Gasteiger charge is -2.30. The summed E-state index contributed by atoms with van der Waals surface area (Å²) in [6.45, 7) is 2.50. The molecule has 2 saturated heterocycles. The molecule has 4 rings (SSSR count). The zero-order valence-corrected chi connectivity index (χ0v) is 16.7. The minimum Gasteiger partial charge on any atom is -0.444 e. The highest BCUT2D eigenvalue weighted by Gasteiger charge is 2.31. The Kier molecular flexibility index (Phi) is 6.09. The predicted octanol–water partition coefficient (Wildman–Crippen LogP) is 2.57. The van der Waals surface area contributed by atoms with E-state index in [1.807, 2.05) is 18.2 Å². The summed E-state index contributed by atoms with van der Waals surface area (Å²) >= 11 is 0. The number of esters is 1. The second kappa shape index (κ2) is 9.09. The lowest BCUT2D eigenvalue weighted by Crippen LogP contribution is -2.44. The summed E-state index contributed by atoms with van der Waals surface area (Å²) < 4.78 is 11.0. The summed E-state index contributed by atoms with van der Waals surface area (Å²) in [4.78, 5) is 41.4. The fourth-order valence-electron chi connectivity index (χ4n) is 3.74. The van der Waals surface area contributed by atoms with E-state index in [1.54, 1.807) is 46.2 Å². The largest absolute Gasteiger partial charge is 0.444 e. The summed E-state index contributed by atoms with van der Waals surface area (Å²) in [5, 5.41) is 0. The topological polar surface area (TPSA) is 76.2 Å². The molecule has 30 heavy (non-hydrogen) atoms. The van der Waals surface area contributed by atoms with Crippen molar-refractivity contribution in [1.82, 2.24) is 4.90 Å². The maximum Gasteiger partial charge on any atom is 0.339 e. The Morgan fingerprint density at radius 2 is 1.73 bits per heavy atom. The minimum atomic E-state index is -1.03. The van der Waals surface area contributed by atoms with E-state index in [1.165, 1.54) is 0 Å². The molecule has 0 saturated carbocycles. The van der Waals surface area contributed by atoms with Gasteiger partial charge in [-0.25, -0.2) is 4.79 Å². The predicted molar refractivity (Wildman–Crippen MR) is 110 cm³/mol. The van der Waals surface area contributed by atoms with E-state index in [0.717, 1.165) is 6.42 Å². The van der Waals surface area contributed by atoms with Gasteiger partial charge in [-0.3, -0.25) is 9.59 Å². The SMILES string of the molecule is O=C(O[C@H](C(=O)N1CCOCC1)c1ccccc1)c1cccc(N2CCCC2=O)c1. The van der Waals surface area contributed by atoms with Gasteiger partial charge in [-0.05, 0) is 24.6 Å². The Hall–Kier alpha value is -3.19. The van der Waals surface area contributed by atoms with Gasteiger partial charge in [-0.1, -0.05) is 36.4 Å². The molecule has 0 spiro atoms. The molecule has 0 aliphatic carbocycles. The molecule has 2 fully saturated rings. The molecule has 7 heteroatoms. The number of morpholine rings is 1. The van der Waals surface area contributed by atoms with Crippen LogP contribution in [0.3, 0.4) is 0 Å². The summed E-state index contributed by atoms with van der Waals surface area (Å²) in [7, 11) is 0. The molecule has 2 aliphatic heterocycles. The molecule has 0 radical (unpaired) electrons. The minimum absolute atomic E-state index is 0.0465. The van der Waals surface area contributed by atoms with Gasteiger partial charge in [0.15, 0.2) is 0 Å². The van der Waals surface area contributed by atoms with E-state index in [4.69, 9.17) is 9.47 Å². The molecule has 0 N–H and O–H groups in total. The van der Waals surface area contributed by atoms with Gasteiger partial charge in [0.1, 0.15) is 0 Å². The first-order chi connectivity index (χ1) is 14.6. The first kappa shape index (κ1) is 20.1.